The number of H-pyrrole nitrogens is 1. The second-order valence-corrected chi connectivity index (χ2v) is 15.7. The Morgan fingerprint density at radius 3 is 2.18 bits per heavy atom. The van der Waals surface area contributed by atoms with Gasteiger partial charge in [0.2, 0.25) is 0 Å². The van der Waals surface area contributed by atoms with Crippen molar-refractivity contribution in [2.24, 2.45) is 5.41 Å². The molecule has 2 aliphatic rings. The maximum Gasteiger partial charge on any atom is 0.280 e. The van der Waals surface area contributed by atoms with E-state index in [1.807, 2.05) is 72.8 Å². The predicted octanol–water partition coefficient (Wildman–Crippen LogP) is 7.16. The quantitative estimate of drug-likeness (QED) is 0.119. The minimum Gasteiger partial charge on any atom is -0.376 e. The summed E-state index contributed by atoms with van der Waals surface area (Å²) < 4.78 is 12.8. The van der Waals surface area contributed by atoms with Gasteiger partial charge in [0.25, 0.3) is 11.8 Å². The molecule has 3 N–H and O–H groups in total. The molecule has 0 unspecified atom stereocenters. The molecule has 266 valence electrons. The lowest BCUT2D eigenvalue weighted by Gasteiger charge is -2.29. The van der Waals surface area contributed by atoms with Gasteiger partial charge in [0.15, 0.2) is 5.01 Å². The summed E-state index contributed by atoms with van der Waals surface area (Å²) in [6.45, 7) is 7.82. The lowest BCUT2D eigenvalue weighted by atomic mass is 9.87. The van der Waals surface area contributed by atoms with Gasteiger partial charge in [0, 0.05) is 51.8 Å². The Morgan fingerprint density at radius 2 is 1.55 bits per heavy atom. The van der Waals surface area contributed by atoms with E-state index in [2.05, 4.69) is 34.4 Å². The Hall–Kier alpha value is -4.06. The number of hydrogen-bond donors (Lipinski definition) is 3. The SMILES string of the molecule is CC(C)N1CCc2nc(C(=O)N[C@H]3CC(COCc4ccccc4)(COCc4ccccc4)C[C@@H]3NC(=O)c3cc4cc(Cl)ccc4[nH]3)sc2C1. The van der Waals surface area contributed by atoms with E-state index in [0.717, 1.165) is 52.1 Å². The largest absolute Gasteiger partial charge is 0.376 e. The highest BCUT2D eigenvalue weighted by Gasteiger charge is 2.47. The average molecular weight is 726 g/mol. The van der Waals surface area contributed by atoms with Crippen molar-refractivity contribution < 1.29 is 19.1 Å². The number of rotatable bonds is 13. The molecule has 11 heteroatoms. The van der Waals surface area contributed by atoms with Crippen LogP contribution in [0.5, 0.6) is 0 Å². The van der Waals surface area contributed by atoms with Gasteiger partial charge in [-0.3, -0.25) is 14.5 Å². The molecule has 0 spiro atoms. The zero-order chi connectivity index (χ0) is 35.4. The summed E-state index contributed by atoms with van der Waals surface area (Å²) in [7, 11) is 0. The maximum atomic E-state index is 13.9. The summed E-state index contributed by atoms with van der Waals surface area (Å²) in [5, 5.41) is 8.47. The Kier molecular flexibility index (Phi) is 10.9. The first kappa shape index (κ1) is 35.3. The second-order valence-electron chi connectivity index (χ2n) is 14.1. The third kappa shape index (κ3) is 8.54. The molecule has 0 saturated heterocycles. The number of fused-ring (bicyclic) bond motifs is 2. The van der Waals surface area contributed by atoms with Gasteiger partial charge in [-0.05, 0) is 62.1 Å². The monoisotopic (exact) mass is 725 g/mol. The first-order valence-electron chi connectivity index (χ1n) is 17.6. The molecule has 5 aromatic rings. The van der Waals surface area contributed by atoms with Gasteiger partial charge in [0.05, 0.1) is 44.2 Å². The van der Waals surface area contributed by atoms with Gasteiger partial charge in [-0.25, -0.2) is 4.98 Å². The first-order chi connectivity index (χ1) is 24.7. The molecule has 9 nitrogen and oxygen atoms in total. The number of thiazole rings is 1. The Balaban J connectivity index is 1.13. The number of nitrogens with one attached hydrogen (secondary N) is 3. The fraction of sp³-hybridized carbons (Fsp3) is 0.375. The third-order valence-electron chi connectivity index (χ3n) is 9.98. The van der Waals surface area contributed by atoms with Crippen molar-refractivity contribution in [2.45, 2.75) is 71.0 Å². The van der Waals surface area contributed by atoms with Crippen molar-refractivity contribution in [2.75, 3.05) is 19.8 Å². The molecule has 2 aromatic heterocycles. The Morgan fingerprint density at radius 1 is 0.922 bits per heavy atom. The molecule has 2 amide bonds. The molecule has 7 rings (SSSR count). The number of benzene rings is 3. The van der Waals surface area contributed by atoms with Crippen LogP contribution in [0.2, 0.25) is 5.02 Å². The van der Waals surface area contributed by atoms with Crippen molar-refractivity contribution in [3.05, 3.63) is 122 Å². The van der Waals surface area contributed by atoms with E-state index in [4.69, 9.17) is 26.1 Å². The van der Waals surface area contributed by atoms with E-state index < -0.39 is 5.41 Å². The number of amides is 2. The average Bonchev–Trinajstić information content (AvgIpc) is 3.84. The van der Waals surface area contributed by atoms with E-state index in [1.165, 1.54) is 11.3 Å². The lowest BCUT2D eigenvalue weighted by molar-refractivity contribution is -0.0315. The number of carbonyl (C=O) groups is 2. The van der Waals surface area contributed by atoms with Gasteiger partial charge < -0.3 is 25.1 Å². The number of aromatic nitrogens is 2. The number of hydrogen-bond acceptors (Lipinski definition) is 7. The summed E-state index contributed by atoms with van der Waals surface area (Å²) in [6.07, 6.45) is 1.94. The van der Waals surface area contributed by atoms with Gasteiger partial charge in [-0.15, -0.1) is 11.3 Å². The minimum atomic E-state index is -0.479. The summed E-state index contributed by atoms with van der Waals surface area (Å²) in [4.78, 5) is 39.3. The fourth-order valence-electron chi connectivity index (χ4n) is 7.26. The molecule has 1 fully saturated rings. The van der Waals surface area contributed by atoms with Gasteiger partial charge >= 0.3 is 0 Å². The molecular weight excluding hydrogens is 682 g/mol. The molecule has 51 heavy (non-hydrogen) atoms. The van der Waals surface area contributed by atoms with Crippen LogP contribution in [0.25, 0.3) is 10.9 Å². The fourth-order valence-corrected chi connectivity index (χ4v) is 8.47. The molecule has 2 atom stereocenters. The second kappa shape index (κ2) is 15.7. The topological polar surface area (TPSA) is 109 Å². The molecule has 1 saturated carbocycles. The summed E-state index contributed by atoms with van der Waals surface area (Å²) >= 11 is 7.69. The smallest absolute Gasteiger partial charge is 0.280 e. The summed E-state index contributed by atoms with van der Waals surface area (Å²) in [6, 6.07) is 27.1. The van der Waals surface area contributed by atoms with Crippen LogP contribution >= 0.6 is 22.9 Å². The number of aromatic amines is 1. The molecule has 0 radical (unpaired) electrons. The lowest BCUT2D eigenvalue weighted by Crippen LogP contribution is -2.48. The van der Waals surface area contributed by atoms with Crippen molar-refractivity contribution in [1.29, 1.82) is 0 Å². The van der Waals surface area contributed by atoms with E-state index in [-0.39, 0.29) is 23.9 Å². The Labute approximate surface area is 307 Å². The van der Waals surface area contributed by atoms with Crippen molar-refractivity contribution in [3.63, 3.8) is 0 Å². The highest BCUT2D eigenvalue weighted by Crippen LogP contribution is 2.40. The third-order valence-corrected chi connectivity index (χ3v) is 11.3. The molecule has 1 aliphatic heterocycles. The minimum absolute atomic E-state index is 0.221. The van der Waals surface area contributed by atoms with Crippen LogP contribution in [0, 0.1) is 5.41 Å². The summed E-state index contributed by atoms with van der Waals surface area (Å²) in [5.41, 5.74) is 3.94. The van der Waals surface area contributed by atoms with Crippen LogP contribution in [0.4, 0.5) is 0 Å². The first-order valence-corrected chi connectivity index (χ1v) is 18.8. The number of carbonyl (C=O) groups excluding carboxylic acids is 2. The van der Waals surface area contributed by atoms with Gasteiger partial charge in [-0.2, -0.15) is 0 Å². The number of nitrogens with zero attached hydrogens (tertiary/aromatic N) is 2. The molecule has 1 aliphatic carbocycles. The highest BCUT2D eigenvalue weighted by atomic mass is 35.5. The van der Waals surface area contributed by atoms with Crippen LogP contribution in [0.3, 0.4) is 0 Å². The number of halogens is 1. The molecule has 3 heterocycles. The summed E-state index contributed by atoms with van der Waals surface area (Å²) in [5.74, 6) is -0.475. The van der Waals surface area contributed by atoms with Crippen molar-refractivity contribution in [1.82, 2.24) is 25.5 Å². The van der Waals surface area contributed by atoms with Crippen molar-refractivity contribution >= 4 is 45.7 Å². The standard InChI is InChI=1S/C40H44ClN5O4S/c1-26(2)46-16-15-32-36(21-46)51-39(45-32)38(48)44-35-20-40(24-49-22-27-9-5-3-6-10-27,25-50-23-28-11-7-4-8-12-28)19-34(35)43-37(47)33-18-29-17-30(41)13-14-31(29)42-33/h3-14,17-18,26,34-35,42H,15-16,19-25H2,1-2H3,(H,43,47)(H,44,48)/t34-,35-/m0/s1. The predicted molar refractivity (Wildman–Crippen MR) is 201 cm³/mol. The van der Waals surface area contributed by atoms with E-state index >= 15 is 0 Å². The zero-order valence-corrected chi connectivity index (χ0v) is 30.6. The zero-order valence-electron chi connectivity index (χ0n) is 29.0. The van der Waals surface area contributed by atoms with Gasteiger partial charge in [0.1, 0.15) is 5.69 Å². The van der Waals surface area contributed by atoms with Crippen LogP contribution in [-0.2, 0) is 35.7 Å². The normalized spacial score (nSPS) is 18.6. The van der Waals surface area contributed by atoms with E-state index in [1.54, 1.807) is 12.1 Å². The van der Waals surface area contributed by atoms with Crippen LogP contribution in [0.15, 0.2) is 84.9 Å². The van der Waals surface area contributed by atoms with Crippen LogP contribution in [0.1, 0.15) is 68.7 Å². The molecule has 3 aromatic carbocycles. The van der Waals surface area contributed by atoms with E-state index in [9.17, 15) is 9.59 Å². The maximum absolute atomic E-state index is 13.9. The highest BCUT2D eigenvalue weighted by molar-refractivity contribution is 7.13. The molecular formula is C40H44ClN5O4S. The Bertz CT molecular complexity index is 1920. The number of ether oxygens (including phenoxy) is 2. The van der Waals surface area contributed by atoms with Crippen LogP contribution in [-0.4, -0.2) is 64.6 Å². The van der Waals surface area contributed by atoms with Crippen LogP contribution < -0.4 is 10.6 Å². The molecule has 0 bridgehead atoms. The van der Waals surface area contributed by atoms with Crippen molar-refractivity contribution in [3.8, 4) is 0 Å². The van der Waals surface area contributed by atoms with E-state index in [0.29, 0.717) is 61.0 Å². The van der Waals surface area contributed by atoms with Gasteiger partial charge in [-0.1, -0.05) is 72.3 Å².